The van der Waals surface area contributed by atoms with E-state index in [4.69, 9.17) is 8.92 Å². The first-order valence-electron chi connectivity index (χ1n) is 9.99. The zero-order chi connectivity index (χ0) is 24.0. The van der Waals surface area contributed by atoms with Gasteiger partial charge in [-0.15, -0.1) is 0 Å². The van der Waals surface area contributed by atoms with Gasteiger partial charge in [-0.3, -0.25) is 4.79 Å². The van der Waals surface area contributed by atoms with Crippen LogP contribution < -0.4 is 19.2 Å². The molecule has 0 aromatic heterocycles. The Morgan fingerprint density at radius 1 is 0.970 bits per heavy atom. The molecule has 1 N–H and O–H groups in total. The number of aryl methyl sites for hydroxylation is 1. The number of carbonyl (C=O) groups is 1. The van der Waals surface area contributed by atoms with Crippen LogP contribution in [0.1, 0.15) is 21.5 Å². The van der Waals surface area contributed by atoms with Gasteiger partial charge in [0.2, 0.25) is 0 Å². The molecular formula is C24H25N3O5S. The summed E-state index contributed by atoms with van der Waals surface area (Å²) < 4.78 is 35.6. The molecule has 0 bridgehead atoms. The summed E-state index contributed by atoms with van der Waals surface area (Å²) in [4.78, 5) is 14.2. The Morgan fingerprint density at radius 2 is 1.64 bits per heavy atom. The highest BCUT2D eigenvalue weighted by atomic mass is 32.2. The molecule has 3 aromatic rings. The molecule has 3 rings (SSSR count). The third-order valence-corrected chi connectivity index (χ3v) is 5.97. The molecule has 9 heteroatoms. The molecular weight excluding hydrogens is 442 g/mol. The van der Waals surface area contributed by atoms with Crippen LogP contribution in [0.4, 0.5) is 5.69 Å². The van der Waals surface area contributed by atoms with Crippen LogP contribution in [0.2, 0.25) is 0 Å². The number of nitrogens with zero attached hydrogens (tertiary/aromatic N) is 2. The third-order valence-electron chi connectivity index (χ3n) is 4.72. The van der Waals surface area contributed by atoms with E-state index in [0.717, 1.165) is 11.3 Å². The van der Waals surface area contributed by atoms with Gasteiger partial charge in [-0.2, -0.15) is 13.5 Å². The highest BCUT2D eigenvalue weighted by Crippen LogP contribution is 2.30. The van der Waals surface area contributed by atoms with E-state index in [9.17, 15) is 13.2 Å². The molecule has 0 heterocycles. The van der Waals surface area contributed by atoms with Crippen molar-refractivity contribution in [2.75, 3.05) is 26.1 Å². The third kappa shape index (κ3) is 6.11. The molecule has 0 unspecified atom stereocenters. The molecule has 0 atom stereocenters. The number of rotatable bonds is 8. The summed E-state index contributed by atoms with van der Waals surface area (Å²) in [5.74, 6) is -0.104. The van der Waals surface area contributed by atoms with E-state index < -0.39 is 10.1 Å². The second kappa shape index (κ2) is 10.2. The van der Waals surface area contributed by atoms with Crippen LogP contribution in [-0.4, -0.2) is 41.7 Å². The van der Waals surface area contributed by atoms with E-state index in [1.54, 1.807) is 36.4 Å². The summed E-state index contributed by atoms with van der Waals surface area (Å²) >= 11 is 0. The molecule has 0 aliphatic heterocycles. The van der Waals surface area contributed by atoms with Gasteiger partial charge >= 0.3 is 10.1 Å². The summed E-state index contributed by atoms with van der Waals surface area (Å²) in [5, 5.41) is 3.96. The van der Waals surface area contributed by atoms with Gasteiger partial charge in [0.15, 0.2) is 11.5 Å². The first-order chi connectivity index (χ1) is 15.7. The average Bonchev–Trinajstić information content (AvgIpc) is 2.80. The van der Waals surface area contributed by atoms with Crippen molar-refractivity contribution in [3.05, 3.63) is 83.4 Å². The molecule has 0 spiro atoms. The van der Waals surface area contributed by atoms with E-state index in [1.807, 2.05) is 38.1 Å². The summed E-state index contributed by atoms with van der Waals surface area (Å²) in [5.41, 5.74) is 5.43. The molecule has 172 valence electrons. The number of hydrogen-bond acceptors (Lipinski definition) is 7. The lowest BCUT2D eigenvalue weighted by Gasteiger charge is -2.12. The van der Waals surface area contributed by atoms with E-state index in [-0.39, 0.29) is 22.3 Å². The van der Waals surface area contributed by atoms with Gasteiger partial charge in [0, 0.05) is 25.3 Å². The molecule has 0 aliphatic rings. The standard InChI is InChI=1S/C24H25N3O5S/c1-17-5-12-21(13-6-17)33(29,30)32-22-14-7-18(15-23(22)31-4)16-25-26-24(28)19-8-10-20(11-9-19)27(2)3/h5-16H,1-4H3,(H,26,28)/b25-16-. The Labute approximate surface area is 193 Å². The Kier molecular flexibility index (Phi) is 7.34. The summed E-state index contributed by atoms with van der Waals surface area (Å²) in [6, 6.07) is 18.1. The number of methoxy groups -OCH3 is 1. The average molecular weight is 468 g/mol. The number of anilines is 1. The largest absolute Gasteiger partial charge is 0.493 e. The number of ether oxygens (including phenoxy) is 1. The van der Waals surface area contributed by atoms with Gasteiger partial charge in [-0.25, -0.2) is 5.43 Å². The molecule has 0 aliphatic carbocycles. The lowest BCUT2D eigenvalue weighted by Crippen LogP contribution is -2.18. The SMILES string of the molecule is COc1cc(/C=N\NC(=O)c2ccc(N(C)C)cc2)ccc1OS(=O)(=O)c1ccc(C)cc1. The van der Waals surface area contributed by atoms with E-state index in [0.29, 0.717) is 11.1 Å². The van der Waals surface area contributed by atoms with Crippen LogP contribution in [0.5, 0.6) is 11.5 Å². The lowest BCUT2D eigenvalue weighted by atomic mass is 10.2. The number of amides is 1. The Hall–Kier alpha value is -3.85. The Balaban J connectivity index is 1.69. The van der Waals surface area contributed by atoms with Crippen LogP contribution in [0.25, 0.3) is 0 Å². The summed E-state index contributed by atoms with van der Waals surface area (Å²) in [7, 11) is 1.22. The first kappa shape index (κ1) is 23.8. The second-order valence-electron chi connectivity index (χ2n) is 7.40. The maximum atomic E-state index is 12.6. The van der Waals surface area contributed by atoms with Gasteiger partial charge in [-0.05, 0) is 67.1 Å². The highest BCUT2D eigenvalue weighted by molar-refractivity contribution is 7.87. The number of hydrazone groups is 1. The molecule has 0 fully saturated rings. The van der Waals surface area contributed by atoms with Crippen molar-refractivity contribution >= 4 is 27.9 Å². The normalized spacial score (nSPS) is 11.3. The predicted octanol–water partition coefficient (Wildman–Crippen LogP) is 3.60. The van der Waals surface area contributed by atoms with Gasteiger partial charge in [-0.1, -0.05) is 17.7 Å². The second-order valence-corrected chi connectivity index (χ2v) is 8.95. The van der Waals surface area contributed by atoms with Crippen LogP contribution in [-0.2, 0) is 10.1 Å². The molecule has 0 saturated carbocycles. The van der Waals surface area contributed by atoms with Crippen LogP contribution >= 0.6 is 0 Å². The quantitative estimate of drug-likeness (QED) is 0.309. The fourth-order valence-electron chi connectivity index (χ4n) is 2.85. The molecule has 0 radical (unpaired) electrons. The molecule has 8 nitrogen and oxygen atoms in total. The minimum atomic E-state index is -4.02. The molecule has 0 saturated heterocycles. The van der Waals surface area contributed by atoms with Crippen LogP contribution in [0.15, 0.2) is 76.7 Å². The summed E-state index contributed by atoms with van der Waals surface area (Å²) in [6.45, 7) is 1.86. The van der Waals surface area contributed by atoms with Crippen LogP contribution in [0, 0.1) is 6.92 Å². The lowest BCUT2D eigenvalue weighted by molar-refractivity contribution is 0.0955. The van der Waals surface area contributed by atoms with Crippen LogP contribution in [0.3, 0.4) is 0 Å². The van der Waals surface area contributed by atoms with Crippen molar-refractivity contribution in [2.24, 2.45) is 5.10 Å². The topological polar surface area (TPSA) is 97.3 Å². The predicted molar refractivity (Wildman–Crippen MR) is 128 cm³/mol. The maximum Gasteiger partial charge on any atom is 0.339 e. The smallest absolute Gasteiger partial charge is 0.339 e. The molecule has 3 aromatic carbocycles. The molecule has 1 amide bonds. The van der Waals surface area contributed by atoms with Crippen molar-refractivity contribution in [3.63, 3.8) is 0 Å². The van der Waals surface area contributed by atoms with E-state index in [1.165, 1.54) is 31.5 Å². The van der Waals surface area contributed by atoms with Gasteiger partial charge < -0.3 is 13.8 Å². The van der Waals surface area contributed by atoms with E-state index in [2.05, 4.69) is 10.5 Å². The molecule has 33 heavy (non-hydrogen) atoms. The zero-order valence-corrected chi connectivity index (χ0v) is 19.6. The van der Waals surface area contributed by atoms with Crippen molar-refractivity contribution in [1.29, 1.82) is 0 Å². The number of hydrogen-bond donors (Lipinski definition) is 1. The highest BCUT2D eigenvalue weighted by Gasteiger charge is 2.19. The summed E-state index contributed by atoms with van der Waals surface area (Å²) in [6.07, 6.45) is 1.42. The fraction of sp³-hybridized carbons (Fsp3) is 0.167. The Morgan fingerprint density at radius 3 is 2.24 bits per heavy atom. The minimum absolute atomic E-state index is 0.0419. The van der Waals surface area contributed by atoms with Gasteiger partial charge in [0.1, 0.15) is 4.90 Å². The van der Waals surface area contributed by atoms with Crippen molar-refractivity contribution in [3.8, 4) is 11.5 Å². The van der Waals surface area contributed by atoms with Gasteiger partial charge in [0.05, 0.1) is 13.3 Å². The van der Waals surface area contributed by atoms with Crippen molar-refractivity contribution in [2.45, 2.75) is 11.8 Å². The minimum Gasteiger partial charge on any atom is -0.493 e. The monoisotopic (exact) mass is 467 g/mol. The Bertz CT molecular complexity index is 1250. The number of carbonyl (C=O) groups excluding carboxylic acids is 1. The fourth-order valence-corrected chi connectivity index (χ4v) is 3.79. The number of benzene rings is 3. The zero-order valence-electron chi connectivity index (χ0n) is 18.8. The van der Waals surface area contributed by atoms with Crippen molar-refractivity contribution in [1.82, 2.24) is 5.43 Å². The van der Waals surface area contributed by atoms with E-state index >= 15 is 0 Å². The van der Waals surface area contributed by atoms with Crippen molar-refractivity contribution < 1.29 is 22.1 Å². The number of nitrogens with one attached hydrogen (secondary N) is 1. The maximum absolute atomic E-state index is 12.6. The first-order valence-corrected chi connectivity index (χ1v) is 11.4. The van der Waals surface area contributed by atoms with Gasteiger partial charge in [0.25, 0.3) is 5.91 Å².